The number of hydrogen-bond donors (Lipinski definition) is 5. The van der Waals surface area contributed by atoms with E-state index in [1.807, 2.05) is 6.92 Å². The molecule has 10 heteroatoms. The molecule has 4 rings (SSSR count). The van der Waals surface area contributed by atoms with E-state index in [0.29, 0.717) is 5.56 Å². The largest absolute Gasteiger partial charge is 0.509 e. The average Bonchev–Trinajstić information content (AvgIpc) is 2.76. The summed E-state index contributed by atoms with van der Waals surface area (Å²) in [6.45, 7) is 1.85. The van der Waals surface area contributed by atoms with Crippen LogP contribution < -0.4 is 11.1 Å². The van der Waals surface area contributed by atoms with Gasteiger partial charge in [-0.1, -0.05) is 19.1 Å². The Morgan fingerprint density at radius 2 is 1.85 bits per heavy atom. The monoisotopic (exact) mass is 471 g/mol. The minimum absolute atomic E-state index is 0.0545. The Hall–Kier alpha value is -3.21. The van der Waals surface area contributed by atoms with Crippen molar-refractivity contribution in [2.75, 3.05) is 28.3 Å². The predicted octanol–water partition coefficient (Wildman–Crippen LogP) is 0.377. The SMILES string of the molecule is CN[C@]12C(=O)C3=C(O)c4c(O)cccc4[C@H](C)[C@H]3C(OC)[C@H]1[C@H](N(C)C)C(=O)C(C(N)=O)=C2O. The molecule has 10 nitrogen and oxygen atoms in total. The maximum Gasteiger partial charge on any atom is 0.255 e. The smallest absolute Gasteiger partial charge is 0.255 e. The number of carbonyl (C=O) groups excluding carboxylic acids is 3. The number of aliphatic hydroxyl groups is 2. The molecule has 6 atom stereocenters. The minimum Gasteiger partial charge on any atom is -0.509 e. The molecule has 1 saturated carbocycles. The van der Waals surface area contributed by atoms with E-state index in [4.69, 9.17) is 10.5 Å². The van der Waals surface area contributed by atoms with Crippen molar-refractivity contribution in [3.05, 3.63) is 46.2 Å². The molecule has 0 spiro atoms. The molecule has 1 amide bonds. The number of phenolic OH excluding ortho intramolecular Hbond substituents is 1. The highest BCUT2D eigenvalue weighted by Crippen LogP contribution is 2.56. The third-order valence-corrected chi connectivity index (χ3v) is 7.67. The van der Waals surface area contributed by atoms with Crippen molar-refractivity contribution in [1.29, 1.82) is 0 Å². The molecule has 182 valence electrons. The van der Waals surface area contributed by atoms with Gasteiger partial charge in [0.1, 0.15) is 28.4 Å². The Bertz CT molecular complexity index is 1170. The number of amides is 1. The molecule has 0 aliphatic heterocycles. The lowest BCUT2D eigenvalue weighted by Gasteiger charge is -2.56. The molecule has 0 aromatic heterocycles. The van der Waals surface area contributed by atoms with Gasteiger partial charge in [-0.25, -0.2) is 0 Å². The van der Waals surface area contributed by atoms with E-state index >= 15 is 0 Å². The quantitative estimate of drug-likeness (QED) is 0.391. The van der Waals surface area contributed by atoms with Gasteiger partial charge in [0.15, 0.2) is 11.6 Å². The third-order valence-electron chi connectivity index (χ3n) is 7.67. The highest BCUT2D eigenvalue weighted by atomic mass is 16.5. The third kappa shape index (κ3) is 2.76. The van der Waals surface area contributed by atoms with E-state index in [9.17, 15) is 29.7 Å². The minimum atomic E-state index is -1.98. The summed E-state index contributed by atoms with van der Waals surface area (Å²) in [5.74, 6) is -6.06. The Kier molecular flexibility index (Phi) is 5.58. The first kappa shape index (κ1) is 23.9. The van der Waals surface area contributed by atoms with Gasteiger partial charge in [-0.2, -0.15) is 0 Å². The van der Waals surface area contributed by atoms with Gasteiger partial charge in [0, 0.05) is 24.5 Å². The van der Waals surface area contributed by atoms with Crippen LogP contribution in [0, 0.1) is 11.8 Å². The molecule has 0 heterocycles. The molecule has 1 aromatic rings. The predicted molar refractivity (Wildman–Crippen MR) is 122 cm³/mol. The number of Topliss-reactive ketones (excluding diaryl/α,β-unsaturated/α-hetero) is 2. The number of nitrogens with zero attached hydrogens (tertiary/aromatic N) is 1. The summed E-state index contributed by atoms with van der Waals surface area (Å²) in [5, 5.41) is 35.9. The van der Waals surface area contributed by atoms with Crippen LogP contribution in [0.5, 0.6) is 5.75 Å². The Labute approximate surface area is 196 Å². The molecule has 0 radical (unpaired) electrons. The van der Waals surface area contributed by atoms with E-state index in [1.165, 1.54) is 20.2 Å². The molecule has 1 fully saturated rings. The number of nitrogens with two attached hydrogens (primary N) is 1. The number of benzene rings is 1. The van der Waals surface area contributed by atoms with Crippen molar-refractivity contribution in [1.82, 2.24) is 10.2 Å². The van der Waals surface area contributed by atoms with E-state index < -0.39 is 70.0 Å². The zero-order chi connectivity index (χ0) is 25.3. The summed E-state index contributed by atoms with van der Waals surface area (Å²) in [7, 11) is 6.11. The summed E-state index contributed by atoms with van der Waals surface area (Å²) >= 11 is 0. The second-order valence-corrected chi connectivity index (χ2v) is 9.29. The number of carbonyl (C=O) groups is 3. The first-order valence-corrected chi connectivity index (χ1v) is 10.9. The lowest BCUT2D eigenvalue weighted by atomic mass is 9.53. The van der Waals surface area contributed by atoms with Crippen molar-refractivity contribution >= 4 is 23.2 Å². The number of methoxy groups -OCH3 is 1. The molecule has 3 aliphatic carbocycles. The van der Waals surface area contributed by atoms with E-state index in [-0.39, 0.29) is 16.9 Å². The van der Waals surface area contributed by atoms with Gasteiger partial charge in [-0.05, 0) is 38.7 Å². The number of aromatic hydroxyl groups is 1. The zero-order valence-electron chi connectivity index (χ0n) is 19.6. The van der Waals surface area contributed by atoms with Gasteiger partial charge in [-0.15, -0.1) is 0 Å². The van der Waals surface area contributed by atoms with E-state index in [2.05, 4.69) is 5.32 Å². The maximum atomic E-state index is 14.2. The maximum absolute atomic E-state index is 14.2. The number of ketones is 2. The average molecular weight is 472 g/mol. The normalized spacial score (nSPS) is 33.1. The van der Waals surface area contributed by atoms with Gasteiger partial charge in [0.2, 0.25) is 0 Å². The molecular weight excluding hydrogens is 442 g/mol. The van der Waals surface area contributed by atoms with Crippen molar-refractivity contribution < 1.29 is 34.4 Å². The molecule has 6 N–H and O–H groups in total. The van der Waals surface area contributed by atoms with Crippen LogP contribution in [0.4, 0.5) is 0 Å². The van der Waals surface area contributed by atoms with Gasteiger partial charge in [-0.3, -0.25) is 19.3 Å². The number of nitrogens with one attached hydrogen (secondary N) is 1. The number of phenols is 1. The number of aliphatic hydroxyl groups excluding tert-OH is 2. The standard InChI is InChI=1S/C24H29N3O7/c1-9-10-7-6-8-11(28)13(10)18(29)14-12(9)20(34-5)16-17(27(3)4)19(30)15(23(25)33)22(32)24(16,26-2)21(14)31/h6-9,12,16-17,20,26,28-29,32H,1-5H3,(H2,25,33)/t9-,12+,16+,17-,20?,24-/m0/s1. The second-order valence-electron chi connectivity index (χ2n) is 9.29. The fourth-order valence-corrected chi connectivity index (χ4v) is 6.26. The number of ether oxygens (including phenoxy) is 1. The second kappa shape index (κ2) is 7.93. The summed E-state index contributed by atoms with van der Waals surface area (Å²) in [4.78, 5) is 41.5. The van der Waals surface area contributed by atoms with Crippen LogP contribution >= 0.6 is 0 Å². The lowest BCUT2D eigenvalue weighted by molar-refractivity contribution is -0.147. The van der Waals surface area contributed by atoms with Gasteiger partial charge >= 0.3 is 0 Å². The molecule has 1 aromatic carbocycles. The summed E-state index contributed by atoms with van der Waals surface area (Å²) in [6, 6.07) is 3.76. The van der Waals surface area contributed by atoms with Crippen molar-refractivity contribution in [3.63, 3.8) is 0 Å². The van der Waals surface area contributed by atoms with Crippen LogP contribution in [0.15, 0.2) is 35.1 Å². The van der Waals surface area contributed by atoms with Crippen LogP contribution in [-0.2, 0) is 19.1 Å². The highest BCUT2D eigenvalue weighted by Gasteiger charge is 2.68. The molecule has 3 aliphatic rings. The number of primary amides is 1. The van der Waals surface area contributed by atoms with Crippen molar-refractivity contribution in [3.8, 4) is 5.75 Å². The fraction of sp³-hybridized carbons (Fsp3) is 0.458. The van der Waals surface area contributed by atoms with Crippen LogP contribution in [-0.4, -0.2) is 83.6 Å². The fourth-order valence-electron chi connectivity index (χ4n) is 6.26. The van der Waals surface area contributed by atoms with Crippen LogP contribution in [0.2, 0.25) is 0 Å². The van der Waals surface area contributed by atoms with Crippen LogP contribution in [0.25, 0.3) is 5.76 Å². The van der Waals surface area contributed by atoms with Gasteiger partial charge in [0.05, 0.1) is 17.7 Å². The van der Waals surface area contributed by atoms with Crippen LogP contribution in [0.3, 0.4) is 0 Å². The van der Waals surface area contributed by atoms with Crippen LogP contribution in [0.1, 0.15) is 24.0 Å². The summed E-state index contributed by atoms with van der Waals surface area (Å²) in [5.41, 5.74) is 3.51. The van der Waals surface area contributed by atoms with E-state index in [0.717, 1.165) is 0 Å². The first-order valence-electron chi connectivity index (χ1n) is 10.9. The molecule has 0 saturated heterocycles. The topological polar surface area (TPSA) is 162 Å². The lowest BCUT2D eigenvalue weighted by Crippen LogP contribution is -2.74. The Balaban J connectivity index is 2.13. The number of hydrogen-bond acceptors (Lipinski definition) is 9. The molecule has 0 bridgehead atoms. The Morgan fingerprint density at radius 1 is 1.21 bits per heavy atom. The molecule has 1 unspecified atom stereocenters. The summed E-state index contributed by atoms with van der Waals surface area (Å²) < 4.78 is 5.91. The molecular formula is C24H29N3O7. The Morgan fingerprint density at radius 3 is 2.38 bits per heavy atom. The van der Waals surface area contributed by atoms with Crippen molar-refractivity contribution in [2.45, 2.75) is 30.5 Å². The summed E-state index contributed by atoms with van der Waals surface area (Å²) in [6.07, 6.45) is -0.847. The molecule has 34 heavy (non-hydrogen) atoms. The first-order chi connectivity index (χ1) is 16.0. The number of fused-ring (bicyclic) bond motifs is 3. The van der Waals surface area contributed by atoms with Gasteiger partial charge in [0.25, 0.3) is 5.91 Å². The number of likely N-dealkylation sites (N-methyl/N-ethyl adjacent to an activating group) is 2. The number of rotatable bonds is 4. The highest BCUT2D eigenvalue weighted by molar-refractivity contribution is 6.25. The van der Waals surface area contributed by atoms with E-state index in [1.54, 1.807) is 31.1 Å². The van der Waals surface area contributed by atoms with Crippen molar-refractivity contribution in [2.24, 2.45) is 17.6 Å². The zero-order valence-corrected chi connectivity index (χ0v) is 19.6. The van der Waals surface area contributed by atoms with Gasteiger partial charge < -0.3 is 31.1 Å².